The zero-order valence-electron chi connectivity index (χ0n) is 10.6. The lowest BCUT2D eigenvalue weighted by Crippen LogP contribution is -2.21. The van der Waals surface area contributed by atoms with Gasteiger partial charge in [0.05, 0.1) is 10.2 Å². The van der Waals surface area contributed by atoms with E-state index < -0.39 is 0 Å². The van der Waals surface area contributed by atoms with Crippen molar-refractivity contribution in [2.45, 2.75) is 6.54 Å². The maximum Gasteiger partial charge on any atom is 0.267 e. The van der Waals surface area contributed by atoms with Gasteiger partial charge in [0, 0.05) is 13.6 Å². The molecule has 0 aliphatic carbocycles. The number of thiophene rings is 1. The van der Waals surface area contributed by atoms with Crippen LogP contribution < -0.4 is 5.32 Å². The molecule has 4 heteroatoms. The highest BCUT2D eigenvalue weighted by atomic mass is 32.1. The van der Waals surface area contributed by atoms with Crippen LogP contribution in [0, 0.1) is 0 Å². The van der Waals surface area contributed by atoms with Crippen molar-refractivity contribution in [3.8, 4) is 0 Å². The van der Waals surface area contributed by atoms with E-state index >= 15 is 0 Å². The van der Waals surface area contributed by atoms with Crippen LogP contribution in [0.25, 0.3) is 10.2 Å². The Morgan fingerprint density at radius 1 is 1.26 bits per heavy atom. The molecule has 0 fully saturated rings. The maximum atomic E-state index is 12.0. The van der Waals surface area contributed by atoms with Crippen molar-refractivity contribution < 1.29 is 4.79 Å². The number of hydrogen-bond acceptors (Lipinski definition) is 2. The van der Waals surface area contributed by atoms with E-state index in [1.165, 1.54) is 5.56 Å². The lowest BCUT2D eigenvalue weighted by Gasteiger charge is -2.09. The van der Waals surface area contributed by atoms with E-state index in [1.807, 2.05) is 24.3 Å². The molecule has 1 N–H and O–H groups in total. The molecular formula is C15H14N2OS. The van der Waals surface area contributed by atoms with Gasteiger partial charge in [-0.1, -0.05) is 30.3 Å². The monoisotopic (exact) mass is 270 g/mol. The Balaban J connectivity index is 2.09. The average molecular weight is 270 g/mol. The standard InChI is InChI=1S/C15H14N2OS/c1-16-15(18)13-9-14-12(7-8-19-14)17(13)10-11-5-3-2-4-6-11/h2-9H,10H2,1H3,(H,16,18). The van der Waals surface area contributed by atoms with E-state index in [1.54, 1.807) is 18.4 Å². The van der Waals surface area contributed by atoms with Gasteiger partial charge in [0.2, 0.25) is 0 Å². The van der Waals surface area contributed by atoms with Gasteiger partial charge in [0.25, 0.3) is 5.91 Å². The first kappa shape index (κ1) is 12.0. The van der Waals surface area contributed by atoms with Gasteiger partial charge in [-0.05, 0) is 23.1 Å². The van der Waals surface area contributed by atoms with Crippen LogP contribution in [0.5, 0.6) is 0 Å². The first-order chi connectivity index (χ1) is 9.29. The summed E-state index contributed by atoms with van der Waals surface area (Å²) < 4.78 is 3.22. The first-order valence-electron chi connectivity index (χ1n) is 6.12. The molecule has 2 heterocycles. The fourth-order valence-corrected chi connectivity index (χ4v) is 3.05. The molecular weight excluding hydrogens is 256 g/mol. The molecule has 0 aliphatic rings. The van der Waals surface area contributed by atoms with Crippen LogP contribution in [0.1, 0.15) is 16.1 Å². The van der Waals surface area contributed by atoms with Crippen molar-refractivity contribution in [3.05, 3.63) is 59.1 Å². The minimum absolute atomic E-state index is 0.0423. The number of nitrogens with zero attached hydrogens (tertiary/aromatic N) is 1. The molecule has 96 valence electrons. The van der Waals surface area contributed by atoms with Crippen molar-refractivity contribution in [2.24, 2.45) is 0 Å². The van der Waals surface area contributed by atoms with Crippen molar-refractivity contribution in [2.75, 3.05) is 7.05 Å². The van der Waals surface area contributed by atoms with Gasteiger partial charge in [-0.15, -0.1) is 11.3 Å². The number of hydrogen-bond donors (Lipinski definition) is 1. The third-order valence-electron chi connectivity index (χ3n) is 3.17. The molecule has 0 saturated heterocycles. The van der Waals surface area contributed by atoms with E-state index in [0.717, 1.165) is 10.2 Å². The van der Waals surface area contributed by atoms with Crippen LogP contribution in [0.15, 0.2) is 47.8 Å². The second kappa shape index (κ2) is 4.90. The lowest BCUT2D eigenvalue weighted by molar-refractivity contribution is 0.0955. The predicted molar refractivity (Wildman–Crippen MR) is 78.7 cm³/mol. The van der Waals surface area contributed by atoms with Crippen molar-refractivity contribution in [3.63, 3.8) is 0 Å². The Labute approximate surface area is 115 Å². The number of rotatable bonds is 3. The summed E-state index contributed by atoms with van der Waals surface area (Å²) in [6.07, 6.45) is 0. The van der Waals surface area contributed by atoms with Gasteiger partial charge in [-0.3, -0.25) is 4.79 Å². The smallest absolute Gasteiger partial charge is 0.267 e. The summed E-state index contributed by atoms with van der Waals surface area (Å²) in [6.45, 7) is 0.712. The van der Waals surface area contributed by atoms with Crippen molar-refractivity contribution in [1.82, 2.24) is 9.88 Å². The number of fused-ring (bicyclic) bond motifs is 1. The topological polar surface area (TPSA) is 34.0 Å². The number of amides is 1. The Kier molecular flexibility index (Phi) is 3.09. The second-order valence-electron chi connectivity index (χ2n) is 4.35. The predicted octanol–water partition coefficient (Wildman–Crippen LogP) is 3.11. The molecule has 1 amide bonds. The lowest BCUT2D eigenvalue weighted by atomic mass is 10.2. The molecule has 0 saturated carbocycles. The highest BCUT2D eigenvalue weighted by Crippen LogP contribution is 2.26. The molecule has 0 spiro atoms. The molecule has 3 rings (SSSR count). The zero-order valence-corrected chi connectivity index (χ0v) is 11.4. The highest BCUT2D eigenvalue weighted by Gasteiger charge is 2.15. The normalized spacial score (nSPS) is 10.8. The highest BCUT2D eigenvalue weighted by molar-refractivity contribution is 7.17. The van der Waals surface area contributed by atoms with Gasteiger partial charge in [0.15, 0.2) is 0 Å². The maximum absolute atomic E-state index is 12.0. The molecule has 0 aliphatic heterocycles. The number of carbonyl (C=O) groups is 1. The zero-order chi connectivity index (χ0) is 13.2. The number of benzene rings is 1. The molecule has 0 radical (unpaired) electrons. The molecule has 0 unspecified atom stereocenters. The fraction of sp³-hybridized carbons (Fsp3) is 0.133. The van der Waals surface area contributed by atoms with Crippen molar-refractivity contribution >= 4 is 27.5 Å². The van der Waals surface area contributed by atoms with E-state index in [2.05, 4.69) is 33.5 Å². The number of nitrogens with one attached hydrogen (secondary N) is 1. The van der Waals surface area contributed by atoms with Crippen LogP contribution in [-0.2, 0) is 6.54 Å². The van der Waals surface area contributed by atoms with Crippen LogP contribution in [0.4, 0.5) is 0 Å². The Bertz CT molecular complexity index is 712. The van der Waals surface area contributed by atoms with Gasteiger partial charge in [0.1, 0.15) is 5.69 Å². The van der Waals surface area contributed by atoms with E-state index in [9.17, 15) is 4.79 Å². The van der Waals surface area contributed by atoms with Crippen molar-refractivity contribution in [1.29, 1.82) is 0 Å². The molecule has 19 heavy (non-hydrogen) atoms. The Morgan fingerprint density at radius 3 is 2.79 bits per heavy atom. The third kappa shape index (κ3) is 2.15. The molecule has 3 aromatic rings. The fourth-order valence-electron chi connectivity index (χ4n) is 2.23. The number of aromatic nitrogens is 1. The minimum Gasteiger partial charge on any atom is -0.354 e. The van der Waals surface area contributed by atoms with E-state index in [-0.39, 0.29) is 5.91 Å². The molecule has 0 bridgehead atoms. The second-order valence-corrected chi connectivity index (χ2v) is 5.30. The minimum atomic E-state index is -0.0423. The van der Waals surface area contributed by atoms with E-state index in [0.29, 0.717) is 12.2 Å². The van der Waals surface area contributed by atoms with Gasteiger partial charge >= 0.3 is 0 Å². The molecule has 3 nitrogen and oxygen atoms in total. The Morgan fingerprint density at radius 2 is 2.05 bits per heavy atom. The third-order valence-corrected chi connectivity index (χ3v) is 4.02. The quantitative estimate of drug-likeness (QED) is 0.779. The SMILES string of the molecule is CNC(=O)c1cc2sccc2n1Cc1ccccc1. The summed E-state index contributed by atoms with van der Waals surface area (Å²) in [5.74, 6) is -0.0423. The van der Waals surface area contributed by atoms with E-state index in [4.69, 9.17) is 0 Å². The summed E-state index contributed by atoms with van der Waals surface area (Å²) in [7, 11) is 1.66. The summed E-state index contributed by atoms with van der Waals surface area (Å²) in [4.78, 5) is 12.0. The largest absolute Gasteiger partial charge is 0.354 e. The average Bonchev–Trinajstić information content (AvgIpc) is 3.02. The van der Waals surface area contributed by atoms with Gasteiger partial charge in [-0.25, -0.2) is 0 Å². The van der Waals surface area contributed by atoms with Crippen LogP contribution in [0.2, 0.25) is 0 Å². The molecule has 1 aromatic carbocycles. The van der Waals surface area contributed by atoms with Crippen LogP contribution in [-0.4, -0.2) is 17.5 Å². The number of carbonyl (C=O) groups excluding carboxylic acids is 1. The van der Waals surface area contributed by atoms with Gasteiger partial charge in [-0.2, -0.15) is 0 Å². The van der Waals surface area contributed by atoms with Crippen LogP contribution >= 0.6 is 11.3 Å². The summed E-state index contributed by atoms with van der Waals surface area (Å²) in [6, 6.07) is 14.2. The first-order valence-corrected chi connectivity index (χ1v) is 7.00. The summed E-state index contributed by atoms with van der Waals surface area (Å²) in [5.41, 5.74) is 3.03. The Hall–Kier alpha value is -2.07. The van der Waals surface area contributed by atoms with Gasteiger partial charge < -0.3 is 9.88 Å². The summed E-state index contributed by atoms with van der Waals surface area (Å²) in [5, 5.41) is 4.76. The molecule has 0 atom stereocenters. The summed E-state index contributed by atoms with van der Waals surface area (Å²) >= 11 is 1.66. The molecule has 2 aromatic heterocycles. The van der Waals surface area contributed by atoms with Crippen LogP contribution in [0.3, 0.4) is 0 Å².